The van der Waals surface area contributed by atoms with E-state index < -0.39 is 11.7 Å². The number of hydrogen-bond acceptors (Lipinski definition) is 3. The maximum absolute atomic E-state index is 13.0. The second kappa shape index (κ2) is 6.87. The van der Waals surface area contributed by atoms with E-state index in [2.05, 4.69) is 15.7 Å². The Balaban J connectivity index is 1.94. The van der Waals surface area contributed by atoms with Crippen molar-refractivity contribution in [2.24, 2.45) is 0 Å². The Bertz CT molecular complexity index is 765. The van der Waals surface area contributed by atoms with Crippen LogP contribution in [0, 0.1) is 0 Å². The van der Waals surface area contributed by atoms with E-state index in [0.29, 0.717) is 30.0 Å². The molecule has 134 valence electrons. The lowest BCUT2D eigenvalue weighted by Crippen LogP contribution is -2.30. The zero-order valence-electron chi connectivity index (χ0n) is 13.7. The number of rotatable bonds is 6. The first-order chi connectivity index (χ1) is 11.9. The highest BCUT2D eigenvalue weighted by Gasteiger charge is 2.34. The number of likely N-dealkylation sites (N-methyl/N-ethyl adjacent to an activating group) is 1. The van der Waals surface area contributed by atoms with Crippen LogP contribution in [-0.2, 0) is 6.18 Å². The molecule has 1 heterocycles. The van der Waals surface area contributed by atoms with Crippen molar-refractivity contribution in [2.45, 2.75) is 24.9 Å². The van der Waals surface area contributed by atoms with Gasteiger partial charge in [-0.05, 0) is 38.1 Å². The van der Waals surface area contributed by atoms with E-state index in [0.717, 1.165) is 25.0 Å². The Morgan fingerprint density at radius 3 is 2.72 bits per heavy atom. The number of benzene rings is 1. The standard InChI is InChI=1S/C17H19F3N4O/c1-21-7-8-22-16(25)14-10-23-24(15(14)11-5-6-11)13-4-2-3-12(9-13)17(18,19)20/h2-4,9-11,21H,5-8H2,1H3,(H,22,25). The van der Waals surface area contributed by atoms with Crippen LogP contribution in [-0.4, -0.2) is 35.8 Å². The van der Waals surface area contributed by atoms with Gasteiger partial charge in [-0.1, -0.05) is 6.07 Å². The monoisotopic (exact) mass is 352 g/mol. The van der Waals surface area contributed by atoms with Crippen LogP contribution in [0.4, 0.5) is 13.2 Å². The van der Waals surface area contributed by atoms with Crippen molar-refractivity contribution in [1.29, 1.82) is 0 Å². The molecule has 1 aliphatic rings. The van der Waals surface area contributed by atoms with Crippen molar-refractivity contribution < 1.29 is 18.0 Å². The largest absolute Gasteiger partial charge is 0.416 e. The summed E-state index contributed by atoms with van der Waals surface area (Å²) in [5.41, 5.74) is 0.686. The Hall–Kier alpha value is -2.35. The number of alkyl halides is 3. The summed E-state index contributed by atoms with van der Waals surface area (Å²) in [5.74, 6) is -0.0996. The van der Waals surface area contributed by atoms with Gasteiger partial charge in [0.25, 0.3) is 5.91 Å². The fourth-order valence-electron chi connectivity index (χ4n) is 2.70. The predicted molar refractivity (Wildman–Crippen MR) is 86.8 cm³/mol. The summed E-state index contributed by atoms with van der Waals surface area (Å²) in [5, 5.41) is 9.92. The van der Waals surface area contributed by atoms with Gasteiger partial charge in [-0.15, -0.1) is 0 Å². The van der Waals surface area contributed by atoms with E-state index in [1.165, 1.54) is 16.9 Å². The first-order valence-corrected chi connectivity index (χ1v) is 8.10. The highest BCUT2D eigenvalue weighted by molar-refractivity contribution is 5.95. The summed E-state index contributed by atoms with van der Waals surface area (Å²) in [7, 11) is 1.79. The van der Waals surface area contributed by atoms with Gasteiger partial charge in [-0.25, -0.2) is 4.68 Å². The van der Waals surface area contributed by atoms with E-state index in [1.54, 1.807) is 13.1 Å². The quantitative estimate of drug-likeness (QED) is 0.786. The minimum atomic E-state index is -4.42. The van der Waals surface area contributed by atoms with Crippen LogP contribution in [0.15, 0.2) is 30.5 Å². The van der Waals surface area contributed by atoms with E-state index in [1.807, 2.05) is 0 Å². The van der Waals surface area contributed by atoms with Crippen molar-refractivity contribution in [3.05, 3.63) is 47.3 Å². The summed E-state index contributed by atoms with van der Waals surface area (Å²) in [6.45, 7) is 1.10. The molecule has 1 aromatic heterocycles. The topological polar surface area (TPSA) is 58.9 Å². The molecule has 0 unspecified atom stereocenters. The average Bonchev–Trinajstić information content (AvgIpc) is 3.32. The molecule has 1 amide bonds. The highest BCUT2D eigenvalue weighted by Crippen LogP contribution is 2.42. The lowest BCUT2D eigenvalue weighted by atomic mass is 10.1. The van der Waals surface area contributed by atoms with Crippen LogP contribution in [0.5, 0.6) is 0 Å². The van der Waals surface area contributed by atoms with Crippen molar-refractivity contribution in [3.63, 3.8) is 0 Å². The Kier molecular flexibility index (Phi) is 4.80. The average molecular weight is 352 g/mol. The maximum atomic E-state index is 13.0. The molecule has 0 bridgehead atoms. The van der Waals surface area contributed by atoms with Gasteiger partial charge in [0, 0.05) is 19.0 Å². The fraction of sp³-hybridized carbons (Fsp3) is 0.412. The van der Waals surface area contributed by atoms with Gasteiger partial charge in [0.2, 0.25) is 0 Å². The third kappa shape index (κ3) is 3.84. The number of carbonyl (C=O) groups is 1. The van der Waals surface area contributed by atoms with E-state index in [4.69, 9.17) is 0 Å². The van der Waals surface area contributed by atoms with Crippen LogP contribution >= 0.6 is 0 Å². The van der Waals surface area contributed by atoms with Crippen LogP contribution < -0.4 is 10.6 Å². The maximum Gasteiger partial charge on any atom is 0.416 e. The van der Waals surface area contributed by atoms with Crippen molar-refractivity contribution in [1.82, 2.24) is 20.4 Å². The first kappa shape index (κ1) is 17.5. The molecule has 0 aliphatic heterocycles. The van der Waals surface area contributed by atoms with Gasteiger partial charge in [0.15, 0.2) is 0 Å². The zero-order valence-corrected chi connectivity index (χ0v) is 13.7. The molecule has 2 N–H and O–H groups in total. The van der Waals surface area contributed by atoms with Gasteiger partial charge in [-0.3, -0.25) is 4.79 Å². The lowest BCUT2D eigenvalue weighted by Gasteiger charge is -2.12. The molecular weight excluding hydrogens is 333 g/mol. The highest BCUT2D eigenvalue weighted by atomic mass is 19.4. The summed E-state index contributed by atoms with van der Waals surface area (Å²) in [4.78, 5) is 12.4. The molecule has 3 rings (SSSR count). The van der Waals surface area contributed by atoms with Crippen LogP contribution in [0.3, 0.4) is 0 Å². The normalized spacial score (nSPS) is 14.6. The molecular formula is C17H19F3N4O. The smallest absolute Gasteiger partial charge is 0.351 e. The van der Waals surface area contributed by atoms with E-state index in [-0.39, 0.29) is 11.8 Å². The summed E-state index contributed by atoms with van der Waals surface area (Å²) < 4.78 is 40.3. The minimum absolute atomic E-state index is 0.155. The summed E-state index contributed by atoms with van der Waals surface area (Å²) in [6.07, 6.45) is -1.18. The second-order valence-electron chi connectivity index (χ2n) is 6.04. The number of amides is 1. The number of halogens is 3. The molecule has 1 aromatic carbocycles. The molecule has 0 radical (unpaired) electrons. The minimum Gasteiger partial charge on any atom is -0.351 e. The molecule has 1 fully saturated rings. The number of nitrogens with zero attached hydrogens (tertiary/aromatic N) is 2. The van der Waals surface area contributed by atoms with Gasteiger partial charge < -0.3 is 10.6 Å². The number of aromatic nitrogens is 2. The van der Waals surface area contributed by atoms with Crippen LogP contribution in [0.25, 0.3) is 5.69 Å². The Labute approximate surface area is 143 Å². The Morgan fingerprint density at radius 1 is 1.32 bits per heavy atom. The van der Waals surface area contributed by atoms with E-state index in [9.17, 15) is 18.0 Å². The van der Waals surface area contributed by atoms with Gasteiger partial charge in [0.1, 0.15) is 0 Å². The Morgan fingerprint density at radius 2 is 2.08 bits per heavy atom. The van der Waals surface area contributed by atoms with Crippen LogP contribution in [0.1, 0.15) is 40.4 Å². The molecule has 5 nitrogen and oxygen atoms in total. The number of nitrogens with one attached hydrogen (secondary N) is 2. The summed E-state index contributed by atoms with van der Waals surface area (Å²) >= 11 is 0. The molecule has 8 heteroatoms. The third-order valence-electron chi connectivity index (χ3n) is 4.09. The van der Waals surface area contributed by atoms with E-state index >= 15 is 0 Å². The molecule has 25 heavy (non-hydrogen) atoms. The van der Waals surface area contributed by atoms with Crippen molar-refractivity contribution in [3.8, 4) is 5.69 Å². The molecule has 1 aliphatic carbocycles. The fourth-order valence-corrected chi connectivity index (χ4v) is 2.70. The first-order valence-electron chi connectivity index (χ1n) is 8.10. The van der Waals surface area contributed by atoms with Gasteiger partial charge in [-0.2, -0.15) is 18.3 Å². The molecule has 0 atom stereocenters. The van der Waals surface area contributed by atoms with Crippen molar-refractivity contribution in [2.75, 3.05) is 20.1 Å². The molecule has 2 aromatic rings. The number of hydrogen-bond donors (Lipinski definition) is 2. The van der Waals surface area contributed by atoms with Crippen molar-refractivity contribution >= 4 is 5.91 Å². The SMILES string of the molecule is CNCCNC(=O)c1cnn(-c2cccc(C(F)(F)F)c2)c1C1CC1. The van der Waals surface area contributed by atoms with Gasteiger partial charge >= 0.3 is 6.18 Å². The second-order valence-corrected chi connectivity index (χ2v) is 6.04. The van der Waals surface area contributed by atoms with Crippen LogP contribution in [0.2, 0.25) is 0 Å². The zero-order chi connectivity index (χ0) is 18.0. The molecule has 0 saturated heterocycles. The third-order valence-corrected chi connectivity index (χ3v) is 4.09. The number of carbonyl (C=O) groups excluding carboxylic acids is 1. The van der Waals surface area contributed by atoms with Gasteiger partial charge in [0.05, 0.1) is 28.7 Å². The molecule has 1 saturated carbocycles. The lowest BCUT2D eigenvalue weighted by molar-refractivity contribution is -0.137. The predicted octanol–water partition coefficient (Wildman–Crippen LogP) is 2.72. The summed E-state index contributed by atoms with van der Waals surface area (Å²) in [6, 6.07) is 5.00. The molecule has 0 spiro atoms.